The summed E-state index contributed by atoms with van der Waals surface area (Å²) in [6, 6.07) is 6.74. The maximum absolute atomic E-state index is 11.2. The lowest BCUT2D eigenvalue weighted by atomic mass is 9.98. The molecule has 2 N–H and O–H groups in total. The number of amides is 1. The molecule has 0 aromatic heterocycles. The van der Waals surface area contributed by atoms with Crippen LogP contribution in [0.5, 0.6) is 5.75 Å². The van der Waals surface area contributed by atoms with E-state index in [9.17, 15) is 4.79 Å². The van der Waals surface area contributed by atoms with Crippen molar-refractivity contribution in [3.63, 3.8) is 0 Å². The Morgan fingerprint density at radius 1 is 1.35 bits per heavy atom. The first-order valence-corrected chi connectivity index (χ1v) is 5.38. The smallest absolute Gasteiger partial charge is 0.410 e. The fraction of sp³-hybridized carbons (Fsp3) is 0.417. The second-order valence-electron chi connectivity index (χ2n) is 4.05. The van der Waals surface area contributed by atoms with Crippen molar-refractivity contribution >= 4 is 6.09 Å². The molecule has 0 aliphatic carbocycles. The Hall–Kier alpha value is -1.59. The summed E-state index contributed by atoms with van der Waals surface area (Å²) in [5.41, 5.74) is -0.00671. The van der Waals surface area contributed by atoms with E-state index in [0.29, 0.717) is 12.3 Å². The van der Waals surface area contributed by atoms with Crippen LogP contribution in [0.2, 0.25) is 0 Å². The van der Waals surface area contributed by atoms with Gasteiger partial charge < -0.3 is 10.1 Å². The van der Waals surface area contributed by atoms with E-state index in [4.69, 9.17) is 9.99 Å². The average molecular weight is 239 g/mol. The molecule has 17 heavy (non-hydrogen) atoms. The number of hydrogen-bond acceptors (Lipinski definition) is 4. The monoisotopic (exact) mass is 239 g/mol. The number of carbonyl (C=O) groups is 1. The van der Waals surface area contributed by atoms with E-state index < -0.39 is 11.7 Å². The minimum atomic E-state index is -0.787. The summed E-state index contributed by atoms with van der Waals surface area (Å²) in [6.07, 6.45) is -0.488. The molecular formula is C12H17NO4. The summed E-state index contributed by atoms with van der Waals surface area (Å²) in [7, 11) is 0. The lowest BCUT2D eigenvalue weighted by molar-refractivity contribution is -0.318. The lowest BCUT2D eigenvalue weighted by Gasteiger charge is -2.20. The summed E-state index contributed by atoms with van der Waals surface area (Å²) in [5, 5.41) is 11.3. The van der Waals surface area contributed by atoms with Crippen LogP contribution in [0.25, 0.3) is 0 Å². The van der Waals surface area contributed by atoms with Gasteiger partial charge in [0.25, 0.3) is 0 Å². The Balaban J connectivity index is 2.72. The molecule has 0 spiro atoms. The molecule has 0 bridgehead atoms. The lowest BCUT2D eigenvalue weighted by Crippen LogP contribution is -2.26. The van der Waals surface area contributed by atoms with Crippen molar-refractivity contribution in [2.45, 2.75) is 26.4 Å². The van der Waals surface area contributed by atoms with Crippen molar-refractivity contribution in [1.29, 1.82) is 0 Å². The van der Waals surface area contributed by atoms with Gasteiger partial charge in [0, 0.05) is 6.54 Å². The molecule has 0 saturated heterocycles. The molecule has 1 aromatic carbocycles. The van der Waals surface area contributed by atoms with E-state index in [1.165, 1.54) is 0 Å². The average Bonchev–Trinajstić information content (AvgIpc) is 2.30. The number of carbonyl (C=O) groups excluding carboxylic acids is 1. The topological polar surface area (TPSA) is 67.8 Å². The Labute approximate surface area is 100 Å². The highest BCUT2D eigenvalue weighted by molar-refractivity contribution is 5.70. The van der Waals surface area contributed by atoms with Crippen molar-refractivity contribution in [3.05, 3.63) is 29.8 Å². The van der Waals surface area contributed by atoms with Crippen LogP contribution in [-0.2, 0) is 10.5 Å². The van der Waals surface area contributed by atoms with Gasteiger partial charge in [0.1, 0.15) is 11.4 Å². The Bertz CT molecular complexity index is 373. The van der Waals surface area contributed by atoms with Crippen LogP contribution in [0.1, 0.15) is 26.3 Å². The second-order valence-corrected chi connectivity index (χ2v) is 4.05. The Morgan fingerprint density at radius 2 is 1.94 bits per heavy atom. The third kappa shape index (κ3) is 3.72. The molecule has 0 fully saturated rings. The molecule has 1 aromatic rings. The number of benzene rings is 1. The van der Waals surface area contributed by atoms with Gasteiger partial charge >= 0.3 is 6.09 Å². The van der Waals surface area contributed by atoms with Crippen LogP contribution in [0.4, 0.5) is 4.79 Å². The molecule has 1 rings (SSSR count). The van der Waals surface area contributed by atoms with E-state index >= 15 is 0 Å². The zero-order valence-corrected chi connectivity index (χ0v) is 10.2. The molecule has 0 unspecified atom stereocenters. The predicted octanol–water partition coefficient (Wildman–Crippen LogP) is 2.52. The van der Waals surface area contributed by atoms with Gasteiger partial charge in [-0.3, -0.25) is 5.26 Å². The van der Waals surface area contributed by atoms with Crippen molar-refractivity contribution < 1.29 is 19.7 Å². The molecular weight excluding hydrogens is 222 g/mol. The third-order valence-corrected chi connectivity index (χ3v) is 2.31. The largest absolute Gasteiger partial charge is 0.412 e. The normalized spacial score (nSPS) is 11.1. The first-order chi connectivity index (χ1) is 7.99. The van der Waals surface area contributed by atoms with E-state index in [1.807, 2.05) is 6.92 Å². The zero-order valence-electron chi connectivity index (χ0n) is 10.2. The Morgan fingerprint density at radius 3 is 2.41 bits per heavy atom. The van der Waals surface area contributed by atoms with Crippen molar-refractivity contribution in [3.8, 4) is 5.75 Å². The van der Waals surface area contributed by atoms with E-state index in [1.54, 1.807) is 38.1 Å². The highest BCUT2D eigenvalue weighted by Crippen LogP contribution is 2.25. The third-order valence-electron chi connectivity index (χ3n) is 2.31. The second kappa shape index (κ2) is 5.65. The first kappa shape index (κ1) is 13.5. The van der Waals surface area contributed by atoms with Crippen LogP contribution in [0.3, 0.4) is 0 Å². The van der Waals surface area contributed by atoms with Gasteiger partial charge in [-0.2, -0.15) is 0 Å². The van der Waals surface area contributed by atoms with Gasteiger partial charge in [0.05, 0.1) is 0 Å². The molecule has 0 aliphatic heterocycles. The quantitative estimate of drug-likeness (QED) is 0.625. The molecule has 0 saturated carbocycles. The first-order valence-electron chi connectivity index (χ1n) is 5.38. The van der Waals surface area contributed by atoms with Gasteiger partial charge in [0.2, 0.25) is 0 Å². The van der Waals surface area contributed by atoms with Crippen molar-refractivity contribution in [2.75, 3.05) is 6.54 Å². The zero-order chi connectivity index (χ0) is 12.9. The van der Waals surface area contributed by atoms with Gasteiger partial charge in [-0.05, 0) is 38.5 Å². The number of hydrogen-bond donors (Lipinski definition) is 2. The fourth-order valence-corrected chi connectivity index (χ4v) is 1.26. The molecule has 0 atom stereocenters. The maximum atomic E-state index is 11.2. The van der Waals surface area contributed by atoms with Gasteiger partial charge in [-0.25, -0.2) is 9.68 Å². The molecule has 5 heteroatoms. The SMILES string of the molecule is CCNC(=O)Oc1ccc(C(C)(C)OO)cc1. The number of nitrogens with one attached hydrogen (secondary N) is 1. The summed E-state index contributed by atoms with van der Waals surface area (Å²) >= 11 is 0. The summed E-state index contributed by atoms with van der Waals surface area (Å²) in [5.74, 6) is 0.438. The number of ether oxygens (including phenoxy) is 1. The van der Waals surface area contributed by atoms with E-state index in [2.05, 4.69) is 10.2 Å². The summed E-state index contributed by atoms with van der Waals surface area (Å²) in [4.78, 5) is 15.5. The standard InChI is InChI=1S/C12H17NO4/c1-4-13-11(14)16-10-7-5-9(6-8-10)12(2,3)17-15/h5-8,15H,4H2,1-3H3,(H,13,14). The molecule has 5 nitrogen and oxygen atoms in total. The highest BCUT2D eigenvalue weighted by atomic mass is 17.1. The van der Waals surface area contributed by atoms with Crippen molar-refractivity contribution in [2.24, 2.45) is 0 Å². The van der Waals surface area contributed by atoms with E-state index in [0.717, 1.165) is 5.56 Å². The van der Waals surface area contributed by atoms with Gasteiger partial charge in [-0.15, -0.1) is 0 Å². The fourth-order valence-electron chi connectivity index (χ4n) is 1.26. The minimum absolute atomic E-state index is 0.438. The van der Waals surface area contributed by atoms with Crippen LogP contribution in [0, 0.1) is 0 Å². The summed E-state index contributed by atoms with van der Waals surface area (Å²) in [6.45, 7) is 5.78. The minimum Gasteiger partial charge on any atom is -0.410 e. The molecule has 1 amide bonds. The molecule has 0 aliphatic rings. The molecule has 0 heterocycles. The van der Waals surface area contributed by atoms with Gasteiger partial charge in [-0.1, -0.05) is 12.1 Å². The van der Waals surface area contributed by atoms with Crippen LogP contribution >= 0.6 is 0 Å². The van der Waals surface area contributed by atoms with Crippen LogP contribution in [-0.4, -0.2) is 17.9 Å². The summed E-state index contributed by atoms with van der Waals surface area (Å²) < 4.78 is 5.00. The number of rotatable bonds is 4. The maximum Gasteiger partial charge on any atom is 0.412 e. The van der Waals surface area contributed by atoms with Crippen LogP contribution < -0.4 is 10.1 Å². The predicted molar refractivity (Wildman–Crippen MR) is 62.9 cm³/mol. The van der Waals surface area contributed by atoms with Gasteiger partial charge in [0.15, 0.2) is 0 Å². The molecule has 94 valence electrons. The molecule has 0 radical (unpaired) electrons. The Kier molecular flexibility index (Phi) is 4.48. The van der Waals surface area contributed by atoms with Crippen molar-refractivity contribution in [1.82, 2.24) is 5.32 Å². The highest BCUT2D eigenvalue weighted by Gasteiger charge is 2.21. The van der Waals surface area contributed by atoms with E-state index in [-0.39, 0.29) is 0 Å². The van der Waals surface area contributed by atoms with Crippen LogP contribution in [0.15, 0.2) is 24.3 Å².